The first-order chi connectivity index (χ1) is 10.1. The van der Waals surface area contributed by atoms with Crippen LogP contribution in [0.25, 0.3) is 11.0 Å². The van der Waals surface area contributed by atoms with E-state index in [-0.39, 0.29) is 11.8 Å². The Hall–Kier alpha value is -1.17. The van der Waals surface area contributed by atoms with Crippen molar-refractivity contribution < 1.29 is 9.90 Å². The summed E-state index contributed by atoms with van der Waals surface area (Å²) >= 11 is 13.4. The summed E-state index contributed by atoms with van der Waals surface area (Å²) in [6.45, 7) is 0. The molecule has 0 spiro atoms. The van der Waals surface area contributed by atoms with Gasteiger partial charge < -0.3 is 9.67 Å². The smallest absolute Gasteiger partial charge is 0.313 e. The lowest BCUT2D eigenvalue weighted by Crippen LogP contribution is -2.08. The van der Waals surface area contributed by atoms with E-state index in [9.17, 15) is 4.79 Å². The van der Waals surface area contributed by atoms with E-state index in [0.29, 0.717) is 15.2 Å². The standard InChI is InChI=1S/C14H12Cl2N2O2S/c15-9-5-11-12(6-10(9)16)18(8-3-1-2-4-8)14(17-11)21-7-13(19)20/h1-2,5-6,8H,3-4,7H2,(H,19,20). The fourth-order valence-electron chi connectivity index (χ4n) is 2.46. The number of hydrogen-bond acceptors (Lipinski definition) is 3. The van der Waals surface area contributed by atoms with Crippen LogP contribution in [0.3, 0.4) is 0 Å². The molecule has 0 amide bonds. The van der Waals surface area contributed by atoms with Crippen LogP contribution in [0.4, 0.5) is 0 Å². The molecule has 0 fully saturated rings. The number of allylic oxidation sites excluding steroid dienone is 2. The molecule has 0 atom stereocenters. The minimum Gasteiger partial charge on any atom is -0.481 e. The predicted molar refractivity (Wildman–Crippen MR) is 85.5 cm³/mol. The first-order valence-corrected chi connectivity index (χ1v) is 8.17. The second kappa shape index (κ2) is 5.91. The number of hydrogen-bond donors (Lipinski definition) is 1. The zero-order chi connectivity index (χ0) is 15.0. The molecule has 110 valence electrons. The Morgan fingerprint density at radius 1 is 1.33 bits per heavy atom. The highest BCUT2D eigenvalue weighted by Crippen LogP contribution is 2.36. The van der Waals surface area contributed by atoms with Crippen LogP contribution in [0.15, 0.2) is 29.4 Å². The van der Waals surface area contributed by atoms with Gasteiger partial charge in [-0.1, -0.05) is 47.1 Å². The third-order valence-corrected chi connectivity index (χ3v) is 5.03. The van der Waals surface area contributed by atoms with Crippen LogP contribution in [-0.2, 0) is 4.79 Å². The third-order valence-electron chi connectivity index (χ3n) is 3.37. The number of aromatic nitrogens is 2. The maximum atomic E-state index is 10.8. The summed E-state index contributed by atoms with van der Waals surface area (Å²) in [6.07, 6.45) is 6.07. The quantitative estimate of drug-likeness (QED) is 0.660. The summed E-state index contributed by atoms with van der Waals surface area (Å²) in [7, 11) is 0. The van der Waals surface area contributed by atoms with Crippen molar-refractivity contribution in [3.05, 3.63) is 34.3 Å². The number of fused-ring (bicyclic) bond motifs is 1. The zero-order valence-corrected chi connectivity index (χ0v) is 13.3. The lowest BCUT2D eigenvalue weighted by atomic mass is 10.2. The number of aliphatic carboxylic acids is 1. The molecule has 1 aliphatic carbocycles. The van der Waals surface area contributed by atoms with Gasteiger partial charge in [-0.25, -0.2) is 4.98 Å². The molecule has 2 aromatic rings. The SMILES string of the molecule is O=C(O)CSc1nc2cc(Cl)c(Cl)cc2n1C1CC=CC1. The number of imidazole rings is 1. The highest BCUT2D eigenvalue weighted by atomic mass is 35.5. The summed E-state index contributed by atoms with van der Waals surface area (Å²) < 4.78 is 2.07. The van der Waals surface area contributed by atoms with Gasteiger partial charge in [-0.3, -0.25) is 4.79 Å². The number of halogens is 2. The molecule has 3 rings (SSSR count). The molecule has 4 nitrogen and oxygen atoms in total. The molecule has 21 heavy (non-hydrogen) atoms. The summed E-state index contributed by atoms with van der Waals surface area (Å²) in [6, 6.07) is 3.78. The Bertz CT molecular complexity index is 734. The van der Waals surface area contributed by atoms with Crippen LogP contribution in [0.5, 0.6) is 0 Å². The predicted octanol–water partition coefficient (Wildman–Crippen LogP) is 4.41. The molecule has 0 saturated carbocycles. The number of benzene rings is 1. The van der Waals surface area contributed by atoms with E-state index in [0.717, 1.165) is 23.9 Å². The van der Waals surface area contributed by atoms with E-state index in [1.807, 2.05) is 0 Å². The van der Waals surface area contributed by atoms with Crippen molar-refractivity contribution in [2.75, 3.05) is 5.75 Å². The normalized spacial score (nSPS) is 15.1. The molecular formula is C14H12Cl2N2O2S. The van der Waals surface area contributed by atoms with Crippen LogP contribution >= 0.6 is 35.0 Å². The summed E-state index contributed by atoms with van der Waals surface area (Å²) in [5.41, 5.74) is 1.63. The molecule has 0 unspecified atom stereocenters. The van der Waals surface area contributed by atoms with E-state index in [1.165, 1.54) is 11.8 Å². The van der Waals surface area contributed by atoms with Crippen molar-refractivity contribution >= 4 is 52.0 Å². The summed E-state index contributed by atoms with van der Waals surface area (Å²) in [4.78, 5) is 15.3. The fraction of sp³-hybridized carbons (Fsp3) is 0.286. The maximum Gasteiger partial charge on any atom is 0.313 e. The number of carboxylic acids is 1. The van der Waals surface area contributed by atoms with Crippen LogP contribution in [-0.4, -0.2) is 26.4 Å². The number of carboxylic acid groups (broad SMARTS) is 1. The number of rotatable bonds is 4. The summed E-state index contributed by atoms with van der Waals surface area (Å²) in [5.74, 6) is -0.885. The zero-order valence-electron chi connectivity index (χ0n) is 10.9. The van der Waals surface area contributed by atoms with Crippen molar-refractivity contribution in [2.45, 2.75) is 24.0 Å². The second-order valence-electron chi connectivity index (χ2n) is 4.80. The number of nitrogens with zero attached hydrogens (tertiary/aromatic N) is 2. The fourth-order valence-corrected chi connectivity index (χ4v) is 3.58. The molecule has 1 N–H and O–H groups in total. The largest absolute Gasteiger partial charge is 0.481 e. The minimum absolute atomic E-state index is 0.0229. The van der Waals surface area contributed by atoms with E-state index >= 15 is 0 Å². The van der Waals surface area contributed by atoms with Crippen molar-refractivity contribution in [1.29, 1.82) is 0 Å². The van der Waals surface area contributed by atoms with Crippen LogP contribution in [0, 0.1) is 0 Å². The van der Waals surface area contributed by atoms with Crippen molar-refractivity contribution in [2.24, 2.45) is 0 Å². The highest BCUT2D eigenvalue weighted by molar-refractivity contribution is 7.99. The molecule has 0 aliphatic heterocycles. The average Bonchev–Trinajstić information content (AvgIpc) is 3.04. The molecular weight excluding hydrogens is 331 g/mol. The molecule has 0 saturated heterocycles. The summed E-state index contributed by atoms with van der Waals surface area (Å²) in [5, 5.41) is 10.5. The van der Waals surface area contributed by atoms with Crippen molar-refractivity contribution in [1.82, 2.24) is 9.55 Å². The van der Waals surface area contributed by atoms with Crippen LogP contribution < -0.4 is 0 Å². The highest BCUT2D eigenvalue weighted by Gasteiger charge is 2.21. The monoisotopic (exact) mass is 342 g/mol. The van der Waals surface area contributed by atoms with Gasteiger partial charge in [-0.15, -0.1) is 0 Å². The van der Waals surface area contributed by atoms with E-state index in [2.05, 4.69) is 21.7 Å². The first-order valence-electron chi connectivity index (χ1n) is 6.43. The van der Waals surface area contributed by atoms with Gasteiger partial charge in [-0.05, 0) is 25.0 Å². The molecule has 1 aromatic carbocycles. The van der Waals surface area contributed by atoms with Gasteiger partial charge in [0, 0.05) is 6.04 Å². The average molecular weight is 343 g/mol. The van der Waals surface area contributed by atoms with Gasteiger partial charge in [-0.2, -0.15) is 0 Å². The molecule has 1 heterocycles. The van der Waals surface area contributed by atoms with Gasteiger partial charge >= 0.3 is 5.97 Å². The van der Waals surface area contributed by atoms with Crippen molar-refractivity contribution in [3.8, 4) is 0 Å². The lowest BCUT2D eigenvalue weighted by Gasteiger charge is -2.15. The molecule has 1 aromatic heterocycles. The van der Waals surface area contributed by atoms with E-state index in [1.54, 1.807) is 12.1 Å². The Labute approximate surface area is 135 Å². The van der Waals surface area contributed by atoms with Gasteiger partial charge in [0.15, 0.2) is 5.16 Å². The first kappa shape index (κ1) is 14.8. The molecule has 1 aliphatic rings. The molecule has 0 bridgehead atoms. The van der Waals surface area contributed by atoms with Crippen LogP contribution in [0.2, 0.25) is 10.0 Å². The van der Waals surface area contributed by atoms with E-state index < -0.39 is 5.97 Å². The van der Waals surface area contributed by atoms with Gasteiger partial charge in [0.05, 0.1) is 26.8 Å². The Morgan fingerprint density at radius 2 is 2.00 bits per heavy atom. The van der Waals surface area contributed by atoms with Gasteiger partial charge in [0.1, 0.15) is 0 Å². The third kappa shape index (κ3) is 2.91. The Morgan fingerprint density at radius 3 is 2.67 bits per heavy atom. The minimum atomic E-state index is -0.862. The number of thioether (sulfide) groups is 1. The van der Waals surface area contributed by atoms with Gasteiger partial charge in [0.2, 0.25) is 0 Å². The van der Waals surface area contributed by atoms with Crippen LogP contribution in [0.1, 0.15) is 18.9 Å². The van der Waals surface area contributed by atoms with Gasteiger partial charge in [0.25, 0.3) is 0 Å². The maximum absolute atomic E-state index is 10.8. The van der Waals surface area contributed by atoms with E-state index in [4.69, 9.17) is 28.3 Å². The molecule has 0 radical (unpaired) electrons. The second-order valence-corrected chi connectivity index (χ2v) is 6.56. The molecule has 7 heteroatoms. The Balaban J connectivity index is 2.10. The lowest BCUT2D eigenvalue weighted by molar-refractivity contribution is -0.133. The topological polar surface area (TPSA) is 55.1 Å². The van der Waals surface area contributed by atoms with Crippen molar-refractivity contribution in [3.63, 3.8) is 0 Å². The Kier molecular flexibility index (Phi) is 4.15. The number of carbonyl (C=O) groups is 1.